The summed E-state index contributed by atoms with van der Waals surface area (Å²) in [6, 6.07) is 0.699. The first-order valence-corrected chi connectivity index (χ1v) is 6.47. The van der Waals surface area contributed by atoms with Gasteiger partial charge in [-0.25, -0.2) is 0 Å². The molecule has 2 aliphatic rings. The molecule has 0 radical (unpaired) electrons. The van der Waals surface area contributed by atoms with Crippen LogP contribution >= 0.6 is 0 Å². The second kappa shape index (κ2) is 7.24. The molecule has 92 valence electrons. The molecule has 1 heterocycles. The van der Waals surface area contributed by atoms with Crippen LogP contribution in [0.3, 0.4) is 0 Å². The highest BCUT2D eigenvalue weighted by Gasteiger charge is 2.52. The van der Waals surface area contributed by atoms with Crippen LogP contribution in [-0.2, 0) is 4.74 Å². The van der Waals surface area contributed by atoms with Gasteiger partial charge in [0, 0.05) is 19.7 Å². The predicted molar refractivity (Wildman–Crippen MR) is 67.2 cm³/mol. The number of piperidine rings is 1. The van der Waals surface area contributed by atoms with Crippen molar-refractivity contribution < 1.29 is 4.74 Å². The molecular weight excluding hydrogens is 186 g/mol. The first kappa shape index (κ1) is 14.9. The highest BCUT2D eigenvalue weighted by atomic mass is 16.5. The number of likely N-dealkylation sites (N-methyl/N-ethyl adjacent to an activating group) is 1. The quantitative estimate of drug-likeness (QED) is 0.702. The molecular formula is C13H29NO. The third kappa shape index (κ3) is 3.46. The normalized spacial score (nSPS) is 34.2. The minimum Gasteiger partial charge on any atom is -0.380 e. The Morgan fingerprint density at radius 2 is 1.73 bits per heavy atom. The minimum atomic E-state index is 0.414. The fourth-order valence-electron chi connectivity index (χ4n) is 2.56. The van der Waals surface area contributed by atoms with E-state index in [0.717, 1.165) is 11.8 Å². The summed E-state index contributed by atoms with van der Waals surface area (Å²) in [7, 11) is 4.03. The summed E-state index contributed by atoms with van der Waals surface area (Å²) in [5.41, 5.74) is 0. The van der Waals surface area contributed by atoms with E-state index in [1.807, 2.05) is 34.8 Å². The molecule has 4 atom stereocenters. The number of hydrogen-bond donors (Lipinski definition) is 0. The zero-order chi connectivity index (χ0) is 12.0. The molecule has 1 aliphatic heterocycles. The van der Waals surface area contributed by atoms with Gasteiger partial charge in [0.1, 0.15) is 0 Å². The molecule has 0 aromatic heterocycles. The first-order chi connectivity index (χ1) is 7.24. The summed E-state index contributed by atoms with van der Waals surface area (Å²) in [5.74, 6) is 1.96. The summed E-state index contributed by atoms with van der Waals surface area (Å²) in [4.78, 5) is 2.45. The van der Waals surface area contributed by atoms with E-state index in [1.165, 1.54) is 13.0 Å². The van der Waals surface area contributed by atoms with Crippen LogP contribution in [0.4, 0.5) is 0 Å². The third-order valence-corrected chi connectivity index (χ3v) is 3.30. The van der Waals surface area contributed by atoms with E-state index in [1.54, 1.807) is 0 Å². The van der Waals surface area contributed by atoms with E-state index < -0.39 is 0 Å². The number of nitrogens with zero attached hydrogens (tertiary/aromatic N) is 1. The summed E-state index contributed by atoms with van der Waals surface area (Å²) in [5, 5.41) is 0. The van der Waals surface area contributed by atoms with E-state index in [2.05, 4.69) is 18.9 Å². The Hall–Kier alpha value is -0.0800. The fourth-order valence-corrected chi connectivity index (χ4v) is 2.56. The SMILES string of the molecule is CC.CC.COC(C)[C@@H]1[C@H]2C[C@H]2CN1C. The number of rotatable bonds is 2. The smallest absolute Gasteiger partial charge is 0.0701 e. The van der Waals surface area contributed by atoms with Crippen molar-refractivity contribution in [3.8, 4) is 0 Å². The van der Waals surface area contributed by atoms with Crippen molar-refractivity contribution in [2.24, 2.45) is 11.8 Å². The summed E-state index contributed by atoms with van der Waals surface area (Å²) >= 11 is 0. The zero-order valence-electron chi connectivity index (χ0n) is 11.6. The Kier molecular flexibility index (Phi) is 7.20. The van der Waals surface area contributed by atoms with Gasteiger partial charge in [-0.05, 0) is 32.2 Å². The monoisotopic (exact) mass is 215 g/mol. The van der Waals surface area contributed by atoms with Crippen molar-refractivity contribution in [1.82, 2.24) is 4.90 Å². The maximum absolute atomic E-state index is 5.36. The maximum Gasteiger partial charge on any atom is 0.0701 e. The van der Waals surface area contributed by atoms with Crippen molar-refractivity contribution in [2.45, 2.75) is 53.2 Å². The van der Waals surface area contributed by atoms with Crippen LogP contribution in [0.1, 0.15) is 41.0 Å². The number of likely N-dealkylation sites (tertiary alicyclic amines) is 1. The molecule has 15 heavy (non-hydrogen) atoms. The fraction of sp³-hybridized carbons (Fsp3) is 1.00. The third-order valence-electron chi connectivity index (χ3n) is 3.30. The Morgan fingerprint density at radius 3 is 2.07 bits per heavy atom. The lowest BCUT2D eigenvalue weighted by Crippen LogP contribution is -2.38. The van der Waals surface area contributed by atoms with Crippen LogP contribution in [0.25, 0.3) is 0 Å². The van der Waals surface area contributed by atoms with E-state index in [-0.39, 0.29) is 0 Å². The number of methoxy groups -OCH3 is 1. The van der Waals surface area contributed by atoms with Gasteiger partial charge >= 0.3 is 0 Å². The molecule has 0 bridgehead atoms. The lowest BCUT2D eigenvalue weighted by Gasteiger charge is -2.27. The molecule has 0 spiro atoms. The second-order valence-electron chi connectivity index (χ2n) is 4.03. The van der Waals surface area contributed by atoms with Crippen molar-refractivity contribution in [3.05, 3.63) is 0 Å². The Bertz CT molecular complexity index is 159. The molecule has 1 saturated heterocycles. The second-order valence-corrected chi connectivity index (χ2v) is 4.03. The van der Waals surface area contributed by atoms with Crippen LogP contribution in [0, 0.1) is 11.8 Å². The van der Waals surface area contributed by atoms with Gasteiger partial charge in [-0.15, -0.1) is 0 Å². The van der Waals surface area contributed by atoms with Crippen LogP contribution in [0.2, 0.25) is 0 Å². The minimum absolute atomic E-state index is 0.414. The van der Waals surface area contributed by atoms with E-state index in [9.17, 15) is 0 Å². The van der Waals surface area contributed by atoms with Gasteiger partial charge in [0.2, 0.25) is 0 Å². The van der Waals surface area contributed by atoms with Crippen LogP contribution in [0.5, 0.6) is 0 Å². The van der Waals surface area contributed by atoms with Crippen molar-refractivity contribution in [1.29, 1.82) is 0 Å². The van der Waals surface area contributed by atoms with E-state index in [4.69, 9.17) is 4.74 Å². The first-order valence-electron chi connectivity index (χ1n) is 6.47. The van der Waals surface area contributed by atoms with E-state index in [0.29, 0.717) is 12.1 Å². The molecule has 0 aromatic carbocycles. The summed E-state index contributed by atoms with van der Waals surface area (Å²) in [6.07, 6.45) is 1.86. The molecule has 0 aromatic rings. The number of ether oxygens (including phenoxy) is 1. The average molecular weight is 215 g/mol. The largest absolute Gasteiger partial charge is 0.380 e. The van der Waals surface area contributed by atoms with Gasteiger partial charge < -0.3 is 9.64 Å². The molecule has 1 aliphatic carbocycles. The standard InChI is InChI=1S/C9H17NO.2C2H6/c1-6(11-3)9-8-4-7(8)5-10(9)2;2*1-2/h6-9H,4-5H2,1-3H3;2*1-2H3/t6?,7-,8-,9+;;/m0../s1. The summed E-state index contributed by atoms with van der Waals surface area (Å²) in [6.45, 7) is 11.5. The van der Waals surface area contributed by atoms with Gasteiger partial charge in [-0.2, -0.15) is 0 Å². The van der Waals surface area contributed by atoms with Gasteiger partial charge in [0.15, 0.2) is 0 Å². The molecule has 2 nitrogen and oxygen atoms in total. The zero-order valence-corrected chi connectivity index (χ0v) is 11.6. The molecule has 1 saturated carbocycles. The topological polar surface area (TPSA) is 12.5 Å². The van der Waals surface area contributed by atoms with E-state index >= 15 is 0 Å². The van der Waals surface area contributed by atoms with Gasteiger partial charge in [0.05, 0.1) is 6.10 Å². The summed E-state index contributed by atoms with van der Waals surface area (Å²) < 4.78 is 5.36. The van der Waals surface area contributed by atoms with Crippen molar-refractivity contribution in [3.63, 3.8) is 0 Å². The Morgan fingerprint density at radius 1 is 1.20 bits per heavy atom. The Labute approximate surface area is 96.0 Å². The van der Waals surface area contributed by atoms with Crippen LogP contribution in [0.15, 0.2) is 0 Å². The maximum atomic E-state index is 5.36. The predicted octanol–water partition coefficient (Wildman–Crippen LogP) is 3.02. The molecule has 2 rings (SSSR count). The average Bonchev–Trinajstić information content (AvgIpc) is 2.96. The highest BCUT2D eigenvalue weighted by molar-refractivity contribution is 5.05. The Balaban J connectivity index is 0.000000442. The van der Waals surface area contributed by atoms with Crippen LogP contribution < -0.4 is 0 Å². The van der Waals surface area contributed by atoms with Crippen LogP contribution in [-0.4, -0.2) is 37.7 Å². The van der Waals surface area contributed by atoms with Gasteiger partial charge in [0.25, 0.3) is 0 Å². The number of fused-ring (bicyclic) bond motifs is 1. The van der Waals surface area contributed by atoms with Gasteiger partial charge in [-0.1, -0.05) is 27.7 Å². The highest BCUT2D eigenvalue weighted by Crippen LogP contribution is 2.50. The molecule has 0 amide bonds. The molecule has 2 heteroatoms. The molecule has 1 unspecified atom stereocenters. The lowest BCUT2D eigenvalue weighted by atomic mass is 10.1. The lowest BCUT2D eigenvalue weighted by molar-refractivity contribution is 0.0415. The van der Waals surface area contributed by atoms with Gasteiger partial charge in [-0.3, -0.25) is 0 Å². The number of hydrogen-bond acceptors (Lipinski definition) is 2. The molecule has 0 N–H and O–H groups in total. The van der Waals surface area contributed by atoms with Crippen molar-refractivity contribution >= 4 is 0 Å². The molecule has 2 fully saturated rings. The van der Waals surface area contributed by atoms with Crippen molar-refractivity contribution in [2.75, 3.05) is 20.7 Å².